The van der Waals surface area contributed by atoms with Gasteiger partial charge in [-0.05, 0) is 44.9 Å². The van der Waals surface area contributed by atoms with Gasteiger partial charge >= 0.3 is 0 Å². The van der Waals surface area contributed by atoms with Crippen molar-refractivity contribution in [2.45, 2.75) is 38.3 Å². The van der Waals surface area contributed by atoms with Crippen LogP contribution in [-0.2, 0) is 0 Å². The van der Waals surface area contributed by atoms with Gasteiger partial charge < -0.3 is 15.3 Å². The topological polar surface area (TPSA) is 52.6 Å². The third kappa shape index (κ3) is 4.70. The van der Waals surface area contributed by atoms with E-state index in [1.807, 2.05) is 17.0 Å². The second-order valence-corrected chi connectivity index (χ2v) is 6.05. The van der Waals surface area contributed by atoms with Crippen LogP contribution in [0.15, 0.2) is 24.3 Å². The van der Waals surface area contributed by atoms with E-state index in [4.69, 9.17) is 11.6 Å². The summed E-state index contributed by atoms with van der Waals surface area (Å²) in [6.45, 7) is 4.11. The first kappa shape index (κ1) is 16.3. The molecule has 0 spiro atoms. The van der Waals surface area contributed by atoms with E-state index in [2.05, 4.69) is 5.32 Å². The maximum absolute atomic E-state index is 12.4. The number of rotatable bonds is 5. The maximum atomic E-state index is 12.4. The molecule has 2 N–H and O–H groups in total. The minimum absolute atomic E-state index is 0.0167. The standard InChI is InChI=1S/C16H23ClN2O2/c1-12(20)6-9-18-13-7-10-19(11-8-13)16(21)14-4-2-3-5-15(14)17/h2-5,12-13,18,20H,6-11H2,1H3. The van der Waals surface area contributed by atoms with E-state index in [-0.39, 0.29) is 12.0 Å². The Morgan fingerprint density at radius 2 is 2.10 bits per heavy atom. The Hall–Kier alpha value is -1.10. The number of carbonyl (C=O) groups excluding carboxylic acids is 1. The molecule has 1 aliphatic rings. The van der Waals surface area contributed by atoms with E-state index in [1.165, 1.54) is 0 Å². The highest BCUT2D eigenvalue weighted by Crippen LogP contribution is 2.19. The number of halogens is 1. The number of piperidine rings is 1. The molecule has 0 radical (unpaired) electrons. The number of likely N-dealkylation sites (tertiary alicyclic amines) is 1. The van der Waals surface area contributed by atoms with Crippen molar-refractivity contribution in [1.29, 1.82) is 0 Å². The van der Waals surface area contributed by atoms with Crippen molar-refractivity contribution in [3.8, 4) is 0 Å². The highest BCUT2D eigenvalue weighted by Gasteiger charge is 2.24. The molecule has 21 heavy (non-hydrogen) atoms. The van der Waals surface area contributed by atoms with Gasteiger partial charge in [0.1, 0.15) is 0 Å². The Balaban J connectivity index is 1.81. The molecule has 0 aromatic heterocycles. The quantitative estimate of drug-likeness (QED) is 0.877. The van der Waals surface area contributed by atoms with Crippen LogP contribution in [0.5, 0.6) is 0 Å². The fourth-order valence-corrected chi connectivity index (χ4v) is 2.80. The van der Waals surface area contributed by atoms with Crippen molar-refractivity contribution in [3.05, 3.63) is 34.9 Å². The summed E-state index contributed by atoms with van der Waals surface area (Å²) >= 11 is 6.08. The van der Waals surface area contributed by atoms with Gasteiger partial charge in [-0.15, -0.1) is 0 Å². The molecule has 116 valence electrons. The average Bonchev–Trinajstić information content (AvgIpc) is 2.47. The van der Waals surface area contributed by atoms with E-state index in [1.54, 1.807) is 19.1 Å². The summed E-state index contributed by atoms with van der Waals surface area (Å²) in [4.78, 5) is 14.3. The van der Waals surface area contributed by atoms with Crippen LogP contribution in [0.3, 0.4) is 0 Å². The van der Waals surface area contributed by atoms with Crippen LogP contribution >= 0.6 is 11.6 Å². The lowest BCUT2D eigenvalue weighted by Gasteiger charge is -2.32. The molecule has 1 aromatic rings. The largest absolute Gasteiger partial charge is 0.393 e. The second-order valence-electron chi connectivity index (χ2n) is 5.64. The molecule has 1 aliphatic heterocycles. The van der Waals surface area contributed by atoms with Crippen LogP contribution in [0.2, 0.25) is 5.02 Å². The molecule has 1 atom stereocenters. The zero-order chi connectivity index (χ0) is 15.2. The van der Waals surface area contributed by atoms with Gasteiger partial charge in [0.15, 0.2) is 0 Å². The average molecular weight is 311 g/mol. The van der Waals surface area contributed by atoms with Gasteiger partial charge in [0.2, 0.25) is 0 Å². The normalized spacial score (nSPS) is 17.8. The minimum Gasteiger partial charge on any atom is -0.393 e. The van der Waals surface area contributed by atoms with Crippen molar-refractivity contribution in [2.75, 3.05) is 19.6 Å². The molecule has 1 amide bonds. The fourth-order valence-electron chi connectivity index (χ4n) is 2.59. The van der Waals surface area contributed by atoms with Gasteiger partial charge in [-0.3, -0.25) is 4.79 Å². The summed E-state index contributed by atoms with van der Waals surface area (Å²) in [5.74, 6) is 0.0167. The fraction of sp³-hybridized carbons (Fsp3) is 0.562. The van der Waals surface area contributed by atoms with Crippen LogP contribution in [0.25, 0.3) is 0 Å². The van der Waals surface area contributed by atoms with E-state index in [9.17, 15) is 9.90 Å². The smallest absolute Gasteiger partial charge is 0.255 e. The number of aliphatic hydroxyl groups is 1. The number of nitrogens with one attached hydrogen (secondary N) is 1. The third-order valence-corrected chi connectivity index (χ3v) is 4.21. The predicted octanol–water partition coefficient (Wildman–Crippen LogP) is 2.31. The molecule has 1 fully saturated rings. The lowest BCUT2D eigenvalue weighted by Crippen LogP contribution is -2.45. The lowest BCUT2D eigenvalue weighted by atomic mass is 10.0. The number of hydrogen-bond donors (Lipinski definition) is 2. The number of benzene rings is 1. The molecule has 2 rings (SSSR count). The Bertz CT molecular complexity index is 471. The van der Waals surface area contributed by atoms with Gasteiger partial charge in [-0.1, -0.05) is 23.7 Å². The van der Waals surface area contributed by atoms with E-state index < -0.39 is 0 Å². The Morgan fingerprint density at radius 3 is 2.71 bits per heavy atom. The molecular weight excluding hydrogens is 288 g/mol. The van der Waals surface area contributed by atoms with Crippen molar-refractivity contribution in [1.82, 2.24) is 10.2 Å². The number of nitrogens with zero attached hydrogens (tertiary/aromatic N) is 1. The maximum Gasteiger partial charge on any atom is 0.255 e. The summed E-state index contributed by atoms with van der Waals surface area (Å²) < 4.78 is 0. The monoisotopic (exact) mass is 310 g/mol. The second kappa shape index (κ2) is 7.78. The molecule has 1 saturated heterocycles. The summed E-state index contributed by atoms with van der Waals surface area (Å²) in [5.41, 5.74) is 0.583. The zero-order valence-corrected chi connectivity index (χ0v) is 13.1. The molecule has 5 heteroatoms. The van der Waals surface area contributed by atoms with Crippen LogP contribution < -0.4 is 5.32 Å². The van der Waals surface area contributed by atoms with Gasteiger partial charge in [0.05, 0.1) is 16.7 Å². The number of carbonyl (C=O) groups is 1. The molecule has 1 heterocycles. The van der Waals surface area contributed by atoms with Gasteiger partial charge in [-0.2, -0.15) is 0 Å². The minimum atomic E-state index is -0.264. The summed E-state index contributed by atoms with van der Waals surface area (Å²) in [6.07, 6.45) is 2.38. The Kier molecular flexibility index (Phi) is 6.03. The van der Waals surface area contributed by atoms with Crippen LogP contribution in [0.1, 0.15) is 36.5 Å². The van der Waals surface area contributed by atoms with Crippen molar-refractivity contribution in [3.63, 3.8) is 0 Å². The molecule has 4 nitrogen and oxygen atoms in total. The summed E-state index contributed by atoms with van der Waals surface area (Å²) in [5, 5.41) is 13.2. The SMILES string of the molecule is CC(O)CCNC1CCN(C(=O)c2ccccc2Cl)CC1. The Labute approximate surface area is 131 Å². The number of aliphatic hydroxyl groups excluding tert-OH is 1. The van der Waals surface area contributed by atoms with E-state index in [0.29, 0.717) is 16.6 Å². The first-order valence-corrected chi connectivity index (χ1v) is 7.91. The van der Waals surface area contributed by atoms with Crippen LogP contribution in [0.4, 0.5) is 0 Å². The highest BCUT2D eigenvalue weighted by atomic mass is 35.5. The van der Waals surface area contributed by atoms with Crippen LogP contribution in [0, 0.1) is 0 Å². The summed E-state index contributed by atoms with van der Waals surface area (Å²) in [7, 11) is 0. The van der Waals surface area contributed by atoms with Gasteiger partial charge in [-0.25, -0.2) is 0 Å². The van der Waals surface area contributed by atoms with E-state index >= 15 is 0 Å². The molecule has 0 bridgehead atoms. The Morgan fingerprint density at radius 1 is 1.43 bits per heavy atom. The van der Waals surface area contributed by atoms with Crippen molar-refractivity contribution in [2.24, 2.45) is 0 Å². The molecule has 0 saturated carbocycles. The first-order valence-electron chi connectivity index (χ1n) is 7.53. The van der Waals surface area contributed by atoms with Crippen molar-refractivity contribution < 1.29 is 9.90 Å². The van der Waals surface area contributed by atoms with E-state index in [0.717, 1.165) is 38.9 Å². The van der Waals surface area contributed by atoms with Crippen molar-refractivity contribution >= 4 is 17.5 Å². The predicted molar refractivity (Wildman–Crippen MR) is 84.7 cm³/mol. The molecule has 0 aliphatic carbocycles. The first-order chi connectivity index (χ1) is 10.1. The molecule has 1 unspecified atom stereocenters. The lowest BCUT2D eigenvalue weighted by molar-refractivity contribution is 0.0704. The molecule has 1 aromatic carbocycles. The molecular formula is C16H23ClN2O2. The van der Waals surface area contributed by atoms with Gasteiger partial charge in [0.25, 0.3) is 5.91 Å². The number of amides is 1. The highest BCUT2D eigenvalue weighted by molar-refractivity contribution is 6.33. The van der Waals surface area contributed by atoms with Crippen LogP contribution in [-0.4, -0.2) is 47.7 Å². The third-order valence-electron chi connectivity index (χ3n) is 3.88. The van der Waals surface area contributed by atoms with Gasteiger partial charge in [0, 0.05) is 19.1 Å². The zero-order valence-electron chi connectivity index (χ0n) is 12.4. The summed E-state index contributed by atoms with van der Waals surface area (Å²) in [6, 6.07) is 7.62. The number of hydrogen-bond acceptors (Lipinski definition) is 3.